The monoisotopic (exact) mass is 182 g/mol. The Hall–Kier alpha value is -1.78. The van der Waals surface area contributed by atoms with E-state index in [0.29, 0.717) is 6.54 Å². The summed E-state index contributed by atoms with van der Waals surface area (Å²) < 4.78 is 1.35. The van der Waals surface area contributed by atoms with Gasteiger partial charge in [0.2, 0.25) is 0 Å². The van der Waals surface area contributed by atoms with Crippen LogP contribution in [-0.2, 0) is 6.54 Å². The molecule has 1 aromatic heterocycles. The third-order valence-corrected chi connectivity index (χ3v) is 1.73. The van der Waals surface area contributed by atoms with E-state index < -0.39 is 5.97 Å². The van der Waals surface area contributed by atoms with Crippen LogP contribution in [0, 0.1) is 0 Å². The number of nitrogen functional groups attached to an aromatic ring is 1. The van der Waals surface area contributed by atoms with Crippen molar-refractivity contribution in [2.24, 2.45) is 0 Å². The minimum atomic E-state index is -1.18. The van der Waals surface area contributed by atoms with Crippen LogP contribution in [0.25, 0.3) is 0 Å². The van der Waals surface area contributed by atoms with Gasteiger partial charge in [-0.25, -0.2) is 4.79 Å². The number of aryl methyl sites for hydroxylation is 1. The van der Waals surface area contributed by atoms with E-state index in [-0.39, 0.29) is 16.8 Å². The highest BCUT2D eigenvalue weighted by Crippen LogP contribution is 2.07. The lowest BCUT2D eigenvalue weighted by atomic mass is 10.2. The Morgan fingerprint density at radius 3 is 2.77 bits per heavy atom. The van der Waals surface area contributed by atoms with Gasteiger partial charge in [0.15, 0.2) is 0 Å². The summed E-state index contributed by atoms with van der Waals surface area (Å²) in [7, 11) is 0. The molecule has 0 bridgehead atoms. The summed E-state index contributed by atoms with van der Waals surface area (Å²) in [6.07, 6.45) is 1.34. The predicted molar refractivity (Wildman–Crippen MR) is 47.7 cm³/mol. The van der Waals surface area contributed by atoms with Gasteiger partial charge < -0.3 is 15.4 Å². The number of hydrogen-bond donors (Lipinski definition) is 2. The van der Waals surface area contributed by atoms with E-state index in [0.717, 1.165) is 6.07 Å². The lowest BCUT2D eigenvalue weighted by Crippen LogP contribution is -2.21. The molecule has 3 N–H and O–H groups in total. The van der Waals surface area contributed by atoms with E-state index in [4.69, 9.17) is 10.8 Å². The highest BCUT2D eigenvalue weighted by molar-refractivity contribution is 5.93. The maximum absolute atomic E-state index is 11.2. The van der Waals surface area contributed by atoms with Gasteiger partial charge in [-0.2, -0.15) is 0 Å². The van der Waals surface area contributed by atoms with Crippen molar-refractivity contribution in [2.75, 3.05) is 5.73 Å². The minimum absolute atomic E-state index is 0.106. The van der Waals surface area contributed by atoms with Crippen LogP contribution in [0.2, 0.25) is 0 Å². The largest absolute Gasteiger partial charge is 0.478 e. The molecule has 0 spiro atoms. The Morgan fingerprint density at radius 1 is 1.69 bits per heavy atom. The van der Waals surface area contributed by atoms with E-state index in [2.05, 4.69) is 0 Å². The average Bonchev–Trinajstić information content (AvgIpc) is 2.07. The molecule has 0 aliphatic heterocycles. The molecule has 0 saturated heterocycles. The number of pyridine rings is 1. The van der Waals surface area contributed by atoms with Gasteiger partial charge in [0.1, 0.15) is 0 Å². The standard InChI is InChI=1S/C8H10N2O3/c1-2-10-4-6(9)5(8(12)13)3-7(10)11/h3-4H,2,9H2,1H3,(H,12,13). The van der Waals surface area contributed by atoms with Crippen molar-refractivity contribution < 1.29 is 9.90 Å². The van der Waals surface area contributed by atoms with Gasteiger partial charge in [-0.1, -0.05) is 0 Å². The van der Waals surface area contributed by atoms with Crippen molar-refractivity contribution in [3.8, 4) is 0 Å². The Bertz CT molecular complexity index is 395. The fourth-order valence-electron chi connectivity index (χ4n) is 1.02. The summed E-state index contributed by atoms with van der Waals surface area (Å²) in [6, 6.07) is 1.03. The van der Waals surface area contributed by atoms with Crippen LogP contribution < -0.4 is 11.3 Å². The summed E-state index contributed by atoms with van der Waals surface area (Å²) in [5.41, 5.74) is 5.04. The van der Waals surface area contributed by atoms with Crippen molar-refractivity contribution in [2.45, 2.75) is 13.5 Å². The molecule has 0 aromatic carbocycles. The van der Waals surface area contributed by atoms with Gasteiger partial charge in [0.05, 0.1) is 11.3 Å². The highest BCUT2D eigenvalue weighted by atomic mass is 16.4. The van der Waals surface area contributed by atoms with Gasteiger partial charge >= 0.3 is 5.97 Å². The van der Waals surface area contributed by atoms with E-state index in [1.807, 2.05) is 0 Å². The molecular formula is C8H10N2O3. The zero-order valence-electron chi connectivity index (χ0n) is 7.15. The second-order valence-electron chi connectivity index (χ2n) is 2.57. The van der Waals surface area contributed by atoms with Gasteiger partial charge in [0, 0.05) is 18.8 Å². The molecule has 5 heteroatoms. The zero-order chi connectivity index (χ0) is 10.0. The van der Waals surface area contributed by atoms with E-state index >= 15 is 0 Å². The highest BCUT2D eigenvalue weighted by Gasteiger charge is 2.09. The van der Waals surface area contributed by atoms with Crippen LogP contribution >= 0.6 is 0 Å². The van der Waals surface area contributed by atoms with Crippen molar-refractivity contribution >= 4 is 11.7 Å². The van der Waals surface area contributed by atoms with Crippen LogP contribution in [0.5, 0.6) is 0 Å². The number of nitrogens with two attached hydrogens (primary N) is 1. The number of carboxylic acids is 1. The molecule has 0 unspecified atom stereocenters. The summed E-state index contributed by atoms with van der Waals surface area (Å²) in [6.45, 7) is 2.25. The molecule has 0 atom stereocenters. The third kappa shape index (κ3) is 1.69. The van der Waals surface area contributed by atoms with Crippen LogP contribution in [0.1, 0.15) is 17.3 Å². The van der Waals surface area contributed by atoms with Gasteiger partial charge in [-0.15, -0.1) is 0 Å². The van der Waals surface area contributed by atoms with E-state index in [1.54, 1.807) is 6.92 Å². The SMILES string of the molecule is CCn1cc(N)c(C(=O)O)cc1=O. The molecular weight excluding hydrogens is 172 g/mol. The van der Waals surface area contributed by atoms with Crippen LogP contribution in [0.4, 0.5) is 5.69 Å². The number of carboxylic acid groups (broad SMARTS) is 1. The van der Waals surface area contributed by atoms with Crippen molar-refractivity contribution in [3.63, 3.8) is 0 Å². The number of aromatic carboxylic acids is 1. The first-order valence-electron chi connectivity index (χ1n) is 3.79. The molecule has 1 aromatic rings. The predicted octanol–water partition coefficient (Wildman–Crippen LogP) is 0.149. The smallest absolute Gasteiger partial charge is 0.338 e. The van der Waals surface area contributed by atoms with E-state index in [9.17, 15) is 9.59 Å². The Kier molecular flexibility index (Phi) is 2.36. The molecule has 0 aliphatic carbocycles. The molecule has 13 heavy (non-hydrogen) atoms. The number of anilines is 1. The number of hydrogen-bond acceptors (Lipinski definition) is 3. The minimum Gasteiger partial charge on any atom is -0.478 e. The molecule has 1 heterocycles. The first-order valence-corrected chi connectivity index (χ1v) is 3.79. The fraction of sp³-hybridized carbons (Fsp3) is 0.250. The Labute approximate surface area is 74.4 Å². The third-order valence-electron chi connectivity index (χ3n) is 1.73. The normalized spacial score (nSPS) is 9.92. The zero-order valence-corrected chi connectivity index (χ0v) is 7.15. The second kappa shape index (κ2) is 3.30. The van der Waals surface area contributed by atoms with E-state index in [1.165, 1.54) is 10.8 Å². The molecule has 0 aliphatic rings. The molecule has 0 amide bonds. The summed E-state index contributed by atoms with van der Waals surface area (Å²) in [5.74, 6) is -1.18. The molecule has 0 radical (unpaired) electrons. The summed E-state index contributed by atoms with van der Waals surface area (Å²) in [4.78, 5) is 21.7. The van der Waals surface area contributed by atoms with Gasteiger partial charge in [-0.3, -0.25) is 4.79 Å². The van der Waals surface area contributed by atoms with Crippen LogP contribution in [-0.4, -0.2) is 15.6 Å². The topological polar surface area (TPSA) is 85.3 Å². The number of carbonyl (C=O) groups is 1. The maximum Gasteiger partial charge on any atom is 0.338 e. The lowest BCUT2D eigenvalue weighted by molar-refractivity contribution is 0.0697. The molecule has 0 fully saturated rings. The molecule has 5 nitrogen and oxygen atoms in total. The summed E-state index contributed by atoms with van der Waals surface area (Å²) in [5, 5.41) is 8.63. The average molecular weight is 182 g/mol. The molecule has 70 valence electrons. The number of nitrogens with zero attached hydrogens (tertiary/aromatic N) is 1. The molecule has 1 rings (SSSR count). The van der Waals surface area contributed by atoms with Crippen LogP contribution in [0.15, 0.2) is 17.1 Å². The van der Waals surface area contributed by atoms with Crippen molar-refractivity contribution in [3.05, 3.63) is 28.2 Å². The quantitative estimate of drug-likeness (QED) is 0.681. The lowest BCUT2D eigenvalue weighted by Gasteiger charge is -2.04. The van der Waals surface area contributed by atoms with Crippen LogP contribution in [0.3, 0.4) is 0 Å². The van der Waals surface area contributed by atoms with Crippen molar-refractivity contribution in [1.29, 1.82) is 0 Å². The first kappa shape index (κ1) is 9.31. The molecule has 0 saturated carbocycles. The fourth-order valence-corrected chi connectivity index (χ4v) is 1.02. The first-order chi connectivity index (χ1) is 6.06. The number of rotatable bonds is 2. The van der Waals surface area contributed by atoms with Crippen molar-refractivity contribution in [1.82, 2.24) is 4.57 Å². The number of aromatic nitrogens is 1. The van der Waals surface area contributed by atoms with Gasteiger partial charge in [0.25, 0.3) is 5.56 Å². The van der Waals surface area contributed by atoms with Gasteiger partial charge in [-0.05, 0) is 6.92 Å². The Morgan fingerprint density at radius 2 is 2.31 bits per heavy atom. The summed E-state index contributed by atoms with van der Waals surface area (Å²) >= 11 is 0. The Balaban J connectivity index is 3.37. The second-order valence-corrected chi connectivity index (χ2v) is 2.57. The maximum atomic E-state index is 11.2.